The summed E-state index contributed by atoms with van der Waals surface area (Å²) in [4.78, 5) is 0. The van der Waals surface area contributed by atoms with Crippen LogP contribution in [-0.2, 0) is 0 Å². The number of benzene rings is 1. The molecule has 2 saturated carbocycles. The van der Waals surface area contributed by atoms with Gasteiger partial charge >= 0.3 is 0 Å². The second-order valence-corrected chi connectivity index (χ2v) is 6.17. The van der Waals surface area contributed by atoms with E-state index >= 15 is 0 Å². The summed E-state index contributed by atoms with van der Waals surface area (Å²) in [6, 6.07) is 4.70. The number of hydrogen-bond donors (Lipinski definition) is 1. The third-order valence-corrected chi connectivity index (χ3v) is 4.74. The lowest BCUT2D eigenvalue weighted by Crippen LogP contribution is -2.18. The smallest absolute Gasteiger partial charge is 0.165 e. The van der Waals surface area contributed by atoms with Crippen molar-refractivity contribution in [2.75, 3.05) is 13.2 Å². The number of ether oxygens (including phenoxy) is 1. The van der Waals surface area contributed by atoms with Gasteiger partial charge in [0.25, 0.3) is 0 Å². The van der Waals surface area contributed by atoms with Crippen molar-refractivity contribution in [3.8, 4) is 17.6 Å². The minimum Gasteiger partial charge on any atom is -0.490 e. The summed E-state index contributed by atoms with van der Waals surface area (Å²) in [6.07, 6.45) is 5.68. The first-order valence-corrected chi connectivity index (χ1v) is 7.78. The maximum absolute atomic E-state index is 13.8. The molecular weight excluding hydrogens is 267 g/mol. The first kappa shape index (κ1) is 14.4. The Morgan fingerprint density at radius 1 is 1.29 bits per heavy atom. The molecule has 112 valence electrons. The SMILES string of the molecule is OCCC#Cc1ccc(F)c(OCC2CC3CCC2C3)c1. The molecule has 2 aliphatic rings. The van der Waals surface area contributed by atoms with Crippen LogP contribution in [0.3, 0.4) is 0 Å². The number of rotatable bonds is 4. The van der Waals surface area contributed by atoms with E-state index in [0.717, 1.165) is 17.4 Å². The Kier molecular flexibility index (Phi) is 4.45. The van der Waals surface area contributed by atoms with E-state index in [1.165, 1.54) is 31.7 Å². The van der Waals surface area contributed by atoms with Crippen LogP contribution in [0.2, 0.25) is 0 Å². The lowest BCUT2D eigenvalue weighted by atomic mass is 9.89. The van der Waals surface area contributed by atoms with Crippen LogP contribution in [0.25, 0.3) is 0 Å². The van der Waals surface area contributed by atoms with E-state index in [1.54, 1.807) is 12.1 Å². The standard InChI is InChI=1S/C18H21FO2/c19-17-7-5-13(3-1-2-8-20)11-18(17)21-12-16-10-14-4-6-15(16)9-14/h5,7,11,14-16,20H,2,4,6,8-10,12H2. The Labute approximate surface area is 125 Å². The van der Waals surface area contributed by atoms with Gasteiger partial charge in [-0.2, -0.15) is 0 Å². The highest BCUT2D eigenvalue weighted by Gasteiger charge is 2.39. The van der Waals surface area contributed by atoms with Crippen molar-refractivity contribution in [2.45, 2.75) is 32.1 Å². The van der Waals surface area contributed by atoms with Crippen LogP contribution in [0.1, 0.15) is 37.7 Å². The van der Waals surface area contributed by atoms with Gasteiger partial charge in [-0.15, -0.1) is 0 Å². The topological polar surface area (TPSA) is 29.5 Å². The Morgan fingerprint density at radius 2 is 2.19 bits per heavy atom. The van der Waals surface area contributed by atoms with E-state index in [-0.39, 0.29) is 12.4 Å². The zero-order valence-corrected chi connectivity index (χ0v) is 12.1. The Balaban J connectivity index is 1.62. The molecule has 2 aliphatic carbocycles. The van der Waals surface area contributed by atoms with Crippen LogP contribution in [0, 0.1) is 35.4 Å². The third kappa shape index (κ3) is 3.39. The van der Waals surface area contributed by atoms with Gasteiger partial charge in [-0.05, 0) is 55.2 Å². The maximum Gasteiger partial charge on any atom is 0.165 e. The average molecular weight is 288 g/mol. The van der Waals surface area contributed by atoms with E-state index in [4.69, 9.17) is 9.84 Å². The van der Waals surface area contributed by atoms with Gasteiger partial charge in [-0.1, -0.05) is 18.3 Å². The van der Waals surface area contributed by atoms with Gasteiger partial charge in [0.05, 0.1) is 13.2 Å². The first-order chi connectivity index (χ1) is 10.3. The normalized spacial score (nSPS) is 26.5. The Morgan fingerprint density at radius 3 is 2.90 bits per heavy atom. The van der Waals surface area contributed by atoms with Gasteiger partial charge in [0.1, 0.15) is 0 Å². The highest BCUT2D eigenvalue weighted by Crippen LogP contribution is 2.48. The molecule has 3 unspecified atom stereocenters. The molecule has 21 heavy (non-hydrogen) atoms. The average Bonchev–Trinajstić information content (AvgIpc) is 3.10. The molecule has 1 aromatic carbocycles. The summed E-state index contributed by atoms with van der Waals surface area (Å²) in [5.41, 5.74) is 0.729. The van der Waals surface area contributed by atoms with E-state index in [1.807, 2.05) is 0 Å². The summed E-state index contributed by atoms with van der Waals surface area (Å²) in [6.45, 7) is 0.660. The lowest BCUT2D eigenvalue weighted by molar-refractivity contribution is 0.189. The molecule has 0 heterocycles. The molecule has 0 aromatic heterocycles. The maximum atomic E-state index is 13.8. The van der Waals surface area contributed by atoms with Crippen molar-refractivity contribution in [1.29, 1.82) is 0 Å². The van der Waals surface area contributed by atoms with Crippen LogP contribution in [0.15, 0.2) is 18.2 Å². The molecule has 0 saturated heterocycles. The van der Waals surface area contributed by atoms with Gasteiger partial charge in [-0.25, -0.2) is 4.39 Å². The molecule has 2 fully saturated rings. The molecule has 1 N–H and O–H groups in total. The fraction of sp³-hybridized carbons (Fsp3) is 0.556. The van der Waals surface area contributed by atoms with Crippen molar-refractivity contribution in [3.63, 3.8) is 0 Å². The molecule has 3 atom stereocenters. The predicted molar refractivity (Wildman–Crippen MR) is 79.4 cm³/mol. The fourth-order valence-electron chi connectivity index (χ4n) is 3.69. The van der Waals surface area contributed by atoms with Crippen LogP contribution >= 0.6 is 0 Å². The zero-order valence-electron chi connectivity index (χ0n) is 12.1. The van der Waals surface area contributed by atoms with Crippen molar-refractivity contribution < 1.29 is 14.2 Å². The molecule has 1 aromatic rings. The quantitative estimate of drug-likeness (QED) is 0.861. The van der Waals surface area contributed by atoms with Gasteiger partial charge in [0, 0.05) is 12.0 Å². The molecule has 0 aliphatic heterocycles. The van der Waals surface area contributed by atoms with Crippen molar-refractivity contribution in [1.82, 2.24) is 0 Å². The van der Waals surface area contributed by atoms with Crippen LogP contribution < -0.4 is 4.74 Å². The molecule has 0 amide bonds. The summed E-state index contributed by atoms with van der Waals surface area (Å²) in [7, 11) is 0. The minimum atomic E-state index is -0.328. The Bertz CT molecular complexity index is 558. The number of halogens is 1. The first-order valence-electron chi connectivity index (χ1n) is 7.78. The highest BCUT2D eigenvalue weighted by atomic mass is 19.1. The Hall–Kier alpha value is -1.53. The van der Waals surface area contributed by atoms with Crippen LogP contribution in [-0.4, -0.2) is 18.3 Å². The van der Waals surface area contributed by atoms with E-state index in [9.17, 15) is 4.39 Å². The van der Waals surface area contributed by atoms with Gasteiger partial charge < -0.3 is 9.84 Å². The molecule has 0 spiro atoms. The van der Waals surface area contributed by atoms with Crippen molar-refractivity contribution >= 4 is 0 Å². The number of aliphatic hydroxyl groups excluding tert-OH is 1. The van der Waals surface area contributed by atoms with E-state index < -0.39 is 0 Å². The molecule has 0 radical (unpaired) electrons. The number of fused-ring (bicyclic) bond motifs is 2. The van der Waals surface area contributed by atoms with Gasteiger partial charge in [-0.3, -0.25) is 0 Å². The molecule has 3 heteroatoms. The molecule has 2 bridgehead atoms. The predicted octanol–water partition coefficient (Wildman–Crippen LogP) is 3.37. The van der Waals surface area contributed by atoms with Crippen molar-refractivity contribution in [2.24, 2.45) is 17.8 Å². The zero-order chi connectivity index (χ0) is 14.7. The van der Waals surface area contributed by atoms with Crippen LogP contribution in [0.4, 0.5) is 4.39 Å². The largest absolute Gasteiger partial charge is 0.490 e. The fourth-order valence-corrected chi connectivity index (χ4v) is 3.69. The highest BCUT2D eigenvalue weighted by molar-refractivity contribution is 5.40. The van der Waals surface area contributed by atoms with Crippen LogP contribution in [0.5, 0.6) is 5.75 Å². The monoisotopic (exact) mass is 288 g/mol. The summed E-state index contributed by atoms with van der Waals surface area (Å²) in [5.74, 6) is 7.97. The van der Waals surface area contributed by atoms with E-state index in [2.05, 4.69) is 11.8 Å². The summed E-state index contributed by atoms with van der Waals surface area (Å²) in [5, 5.41) is 8.71. The number of hydrogen-bond acceptors (Lipinski definition) is 2. The molecule has 3 rings (SSSR count). The number of aliphatic hydroxyl groups is 1. The summed E-state index contributed by atoms with van der Waals surface area (Å²) < 4.78 is 19.5. The van der Waals surface area contributed by atoms with E-state index in [0.29, 0.717) is 24.7 Å². The molecule has 2 nitrogen and oxygen atoms in total. The van der Waals surface area contributed by atoms with Gasteiger partial charge in [0.15, 0.2) is 11.6 Å². The third-order valence-electron chi connectivity index (χ3n) is 4.74. The second-order valence-electron chi connectivity index (χ2n) is 6.17. The lowest BCUT2D eigenvalue weighted by Gasteiger charge is -2.21. The minimum absolute atomic E-state index is 0.0434. The van der Waals surface area contributed by atoms with Crippen molar-refractivity contribution in [3.05, 3.63) is 29.6 Å². The molecular formula is C18H21FO2. The van der Waals surface area contributed by atoms with Gasteiger partial charge in [0.2, 0.25) is 0 Å². The second kappa shape index (κ2) is 6.49. The summed E-state index contributed by atoms with van der Waals surface area (Å²) >= 11 is 0.